The summed E-state index contributed by atoms with van der Waals surface area (Å²) >= 11 is 6.50. The molecule has 1 spiro atoms. The summed E-state index contributed by atoms with van der Waals surface area (Å²) in [5.74, 6) is 0.564. The number of likely N-dealkylation sites (tertiary alicyclic amines) is 1. The lowest BCUT2D eigenvalue weighted by Gasteiger charge is -2.50. The molecule has 3 heteroatoms. The monoisotopic (exact) mass is 306 g/mol. The molecule has 1 unspecified atom stereocenters. The third-order valence-electron chi connectivity index (χ3n) is 5.69. The smallest absolute Gasteiger partial charge is 0.0441 e. The molecular weight excluding hydrogens is 280 g/mol. The number of hydrogen-bond donors (Lipinski definition) is 1. The van der Waals surface area contributed by atoms with E-state index < -0.39 is 0 Å². The Labute approximate surface area is 133 Å². The molecule has 0 radical (unpaired) electrons. The Balaban J connectivity index is 1.84. The van der Waals surface area contributed by atoms with E-state index in [-0.39, 0.29) is 0 Å². The Bertz CT molecular complexity index is 478. The largest absolute Gasteiger partial charge is 0.316 e. The first-order valence-corrected chi connectivity index (χ1v) is 8.69. The van der Waals surface area contributed by atoms with Gasteiger partial charge in [-0.2, -0.15) is 0 Å². The number of nitrogens with one attached hydrogen (secondary N) is 1. The van der Waals surface area contributed by atoms with Crippen LogP contribution in [0.4, 0.5) is 0 Å². The number of hydrogen-bond acceptors (Lipinski definition) is 2. The van der Waals surface area contributed by atoms with Crippen LogP contribution in [0.1, 0.15) is 44.6 Å². The highest BCUT2D eigenvalue weighted by atomic mass is 35.5. The topological polar surface area (TPSA) is 15.3 Å². The van der Waals surface area contributed by atoms with Gasteiger partial charge in [0.2, 0.25) is 0 Å². The molecule has 116 valence electrons. The van der Waals surface area contributed by atoms with Crippen molar-refractivity contribution in [1.29, 1.82) is 0 Å². The van der Waals surface area contributed by atoms with Crippen molar-refractivity contribution in [3.05, 3.63) is 34.9 Å². The summed E-state index contributed by atoms with van der Waals surface area (Å²) in [5.41, 5.74) is 1.80. The van der Waals surface area contributed by atoms with Crippen LogP contribution in [-0.2, 0) is 0 Å². The van der Waals surface area contributed by atoms with Crippen LogP contribution in [0, 0.1) is 5.41 Å². The van der Waals surface area contributed by atoms with E-state index in [1.807, 2.05) is 12.1 Å². The molecule has 0 saturated carbocycles. The van der Waals surface area contributed by atoms with Crippen LogP contribution in [0.5, 0.6) is 0 Å². The van der Waals surface area contributed by atoms with Crippen molar-refractivity contribution < 1.29 is 0 Å². The number of piperidine rings is 2. The van der Waals surface area contributed by atoms with E-state index in [1.165, 1.54) is 37.9 Å². The molecular formula is C18H27ClN2. The van der Waals surface area contributed by atoms with E-state index >= 15 is 0 Å². The van der Waals surface area contributed by atoms with Crippen LogP contribution in [0.2, 0.25) is 5.02 Å². The maximum Gasteiger partial charge on any atom is 0.0441 e. The molecule has 2 aliphatic heterocycles. The molecule has 2 fully saturated rings. The Kier molecular flexibility index (Phi) is 4.58. The van der Waals surface area contributed by atoms with Crippen LogP contribution in [0.3, 0.4) is 0 Å². The fourth-order valence-electron chi connectivity index (χ4n) is 4.26. The van der Waals surface area contributed by atoms with Crippen LogP contribution in [0.15, 0.2) is 24.3 Å². The van der Waals surface area contributed by atoms with Crippen LogP contribution < -0.4 is 5.32 Å². The predicted molar refractivity (Wildman–Crippen MR) is 90.1 cm³/mol. The number of halogens is 1. The Morgan fingerprint density at radius 1 is 1.19 bits per heavy atom. The second kappa shape index (κ2) is 6.28. The van der Waals surface area contributed by atoms with Crippen LogP contribution in [-0.4, -0.2) is 37.1 Å². The van der Waals surface area contributed by atoms with Crippen molar-refractivity contribution >= 4 is 11.6 Å². The highest BCUT2D eigenvalue weighted by Gasteiger charge is 2.44. The molecule has 2 aliphatic rings. The van der Waals surface area contributed by atoms with Gasteiger partial charge in [-0.15, -0.1) is 0 Å². The molecule has 3 rings (SSSR count). The van der Waals surface area contributed by atoms with Gasteiger partial charge in [0.25, 0.3) is 0 Å². The summed E-state index contributed by atoms with van der Waals surface area (Å²) in [6, 6.07) is 9.12. The van der Waals surface area contributed by atoms with Gasteiger partial charge in [-0.25, -0.2) is 0 Å². The van der Waals surface area contributed by atoms with Gasteiger partial charge in [0.05, 0.1) is 0 Å². The summed E-state index contributed by atoms with van der Waals surface area (Å²) < 4.78 is 0. The first-order chi connectivity index (χ1) is 10.1. The molecule has 21 heavy (non-hydrogen) atoms. The minimum Gasteiger partial charge on any atom is -0.316 e. The van der Waals surface area contributed by atoms with Gasteiger partial charge in [-0.05, 0) is 69.8 Å². The van der Waals surface area contributed by atoms with Crippen LogP contribution in [0.25, 0.3) is 0 Å². The second-order valence-electron chi connectivity index (χ2n) is 7.02. The van der Waals surface area contributed by atoms with Crippen molar-refractivity contribution in [3.63, 3.8) is 0 Å². The van der Waals surface area contributed by atoms with Crippen LogP contribution >= 0.6 is 11.6 Å². The number of rotatable bonds is 2. The molecule has 2 saturated heterocycles. The zero-order chi connectivity index (χ0) is 14.9. The lowest BCUT2D eigenvalue weighted by Crippen LogP contribution is -2.51. The van der Waals surface area contributed by atoms with E-state index in [4.69, 9.17) is 11.6 Å². The standard InChI is InChI=1S/C18H27ClN2/c1-14(2)21-11-8-18(9-12-21)7-10-20-13-16(18)15-5-3-4-6-17(15)19/h3-6,14,16,20H,7-13H2,1-2H3. The minimum absolute atomic E-state index is 0.446. The Hall–Kier alpha value is -0.570. The average molecular weight is 307 g/mol. The van der Waals surface area contributed by atoms with E-state index in [0.29, 0.717) is 17.4 Å². The van der Waals surface area contributed by atoms with Gasteiger partial charge in [0.15, 0.2) is 0 Å². The quantitative estimate of drug-likeness (QED) is 0.891. The van der Waals surface area contributed by atoms with Crippen molar-refractivity contribution in [3.8, 4) is 0 Å². The highest BCUT2D eigenvalue weighted by molar-refractivity contribution is 6.31. The van der Waals surface area contributed by atoms with Gasteiger partial charge < -0.3 is 10.2 Å². The summed E-state index contributed by atoms with van der Waals surface area (Å²) in [6.07, 6.45) is 3.90. The third kappa shape index (κ3) is 2.99. The van der Waals surface area contributed by atoms with E-state index in [2.05, 4.69) is 36.2 Å². The zero-order valence-corrected chi connectivity index (χ0v) is 14.0. The maximum absolute atomic E-state index is 6.50. The average Bonchev–Trinajstić information content (AvgIpc) is 2.49. The molecule has 1 atom stereocenters. The van der Waals surface area contributed by atoms with Gasteiger partial charge in [-0.1, -0.05) is 29.8 Å². The third-order valence-corrected chi connectivity index (χ3v) is 6.04. The summed E-state index contributed by atoms with van der Waals surface area (Å²) in [5, 5.41) is 4.54. The molecule has 0 amide bonds. The molecule has 2 nitrogen and oxygen atoms in total. The van der Waals surface area contributed by atoms with E-state index in [9.17, 15) is 0 Å². The molecule has 0 aliphatic carbocycles. The first-order valence-electron chi connectivity index (χ1n) is 8.32. The van der Waals surface area contributed by atoms with Crippen molar-refractivity contribution in [2.24, 2.45) is 5.41 Å². The predicted octanol–water partition coefficient (Wildman–Crippen LogP) is 3.91. The fourth-order valence-corrected chi connectivity index (χ4v) is 4.52. The zero-order valence-electron chi connectivity index (χ0n) is 13.2. The van der Waals surface area contributed by atoms with Gasteiger partial charge in [0, 0.05) is 23.5 Å². The molecule has 2 heterocycles. The van der Waals surface area contributed by atoms with Gasteiger partial charge in [-0.3, -0.25) is 0 Å². The molecule has 1 aromatic carbocycles. The van der Waals surface area contributed by atoms with Crippen molar-refractivity contribution in [1.82, 2.24) is 10.2 Å². The van der Waals surface area contributed by atoms with E-state index in [1.54, 1.807) is 0 Å². The summed E-state index contributed by atoms with van der Waals surface area (Å²) in [6.45, 7) is 9.32. The SMILES string of the molecule is CC(C)N1CCC2(CCNCC2c2ccccc2Cl)CC1. The molecule has 1 N–H and O–H groups in total. The molecule has 1 aromatic rings. The Morgan fingerprint density at radius 2 is 1.90 bits per heavy atom. The van der Waals surface area contributed by atoms with Gasteiger partial charge >= 0.3 is 0 Å². The lowest BCUT2D eigenvalue weighted by atomic mass is 9.62. The summed E-state index contributed by atoms with van der Waals surface area (Å²) in [7, 11) is 0. The molecule has 0 aromatic heterocycles. The van der Waals surface area contributed by atoms with E-state index in [0.717, 1.165) is 18.1 Å². The number of benzene rings is 1. The first kappa shape index (κ1) is 15.3. The molecule has 0 bridgehead atoms. The fraction of sp³-hybridized carbons (Fsp3) is 0.667. The normalized spacial score (nSPS) is 26.4. The second-order valence-corrected chi connectivity index (χ2v) is 7.43. The number of nitrogens with zero attached hydrogens (tertiary/aromatic N) is 1. The lowest BCUT2D eigenvalue weighted by molar-refractivity contribution is 0.0406. The Morgan fingerprint density at radius 3 is 2.57 bits per heavy atom. The van der Waals surface area contributed by atoms with Crippen molar-refractivity contribution in [2.45, 2.75) is 45.1 Å². The van der Waals surface area contributed by atoms with Gasteiger partial charge in [0.1, 0.15) is 0 Å². The van der Waals surface area contributed by atoms with Crippen molar-refractivity contribution in [2.75, 3.05) is 26.2 Å². The minimum atomic E-state index is 0.446. The highest BCUT2D eigenvalue weighted by Crippen LogP contribution is 2.49. The maximum atomic E-state index is 6.50. The summed E-state index contributed by atoms with van der Waals surface area (Å²) in [4.78, 5) is 2.62.